The Morgan fingerprint density at radius 3 is 2.53 bits per heavy atom. The number of fused-ring (bicyclic) bond motifs is 2. The molecule has 8 nitrogen and oxygen atoms in total. The van der Waals surface area contributed by atoms with Crippen molar-refractivity contribution in [3.05, 3.63) is 108 Å². The van der Waals surface area contributed by atoms with Crippen molar-refractivity contribution in [2.24, 2.45) is 0 Å². The molecule has 1 aliphatic rings. The van der Waals surface area contributed by atoms with Gasteiger partial charge in [-0.1, -0.05) is 15.9 Å². The van der Waals surface area contributed by atoms with E-state index in [2.05, 4.69) is 20.9 Å². The largest absolute Gasteiger partial charge is 0.450 e. The number of pyridine rings is 1. The lowest BCUT2D eigenvalue weighted by molar-refractivity contribution is -0.384. The third kappa shape index (κ3) is 3.09. The lowest BCUT2D eigenvalue weighted by atomic mass is 9.98. The first-order valence-electron chi connectivity index (χ1n) is 9.62. The zero-order valence-corrected chi connectivity index (χ0v) is 18.2. The van der Waals surface area contributed by atoms with E-state index < -0.39 is 16.9 Å². The van der Waals surface area contributed by atoms with Gasteiger partial charge in [0.05, 0.1) is 21.9 Å². The molecular formula is C23H14BrN3O5. The van der Waals surface area contributed by atoms with Crippen LogP contribution in [0.25, 0.3) is 11.0 Å². The summed E-state index contributed by atoms with van der Waals surface area (Å²) in [6.45, 7) is 1.87. The van der Waals surface area contributed by atoms with Crippen LogP contribution in [0.4, 0.5) is 11.5 Å². The van der Waals surface area contributed by atoms with Crippen LogP contribution in [0, 0.1) is 17.0 Å². The van der Waals surface area contributed by atoms with Gasteiger partial charge in [0.1, 0.15) is 11.4 Å². The van der Waals surface area contributed by atoms with Crippen molar-refractivity contribution >= 4 is 44.3 Å². The van der Waals surface area contributed by atoms with Crippen molar-refractivity contribution in [2.45, 2.75) is 13.0 Å². The maximum absolute atomic E-state index is 13.5. The second kappa shape index (κ2) is 7.38. The summed E-state index contributed by atoms with van der Waals surface area (Å²) in [4.78, 5) is 43.3. The average molecular weight is 492 g/mol. The number of nitro groups is 1. The number of anilines is 1. The van der Waals surface area contributed by atoms with Gasteiger partial charge in [-0.25, -0.2) is 4.98 Å². The third-order valence-corrected chi connectivity index (χ3v) is 5.89. The Morgan fingerprint density at radius 2 is 1.84 bits per heavy atom. The summed E-state index contributed by atoms with van der Waals surface area (Å²) in [6.07, 6.45) is 1.58. The van der Waals surface area contributed by atoms with Crippen molar-refractivity contribution in [2.75, 3.05) is 4.90 Å². The summed E-state index contributed by atoms with van der Waals surface area (Å²) in [7, 11) is 0. The van der Waals surface area contributed by atoms with Gasteiger partial charge in [0.2, 0.25) is 5.76 Å². The molecule has 4 aromatic rings. The molecule has 2 aromatic carbocycles. The summed E-state index contributed by atoms with van der Waals surface area (Å²) < 4.78 is 6.60. The van der Waals surface area contributed by atoms with E-state index in [4.69, 9.17) is 4.42 Å². The van der Waals surface area contributed by atoms with Gasteiger partial charge in [-0.2, -0.15) is 0 Å². The van der Waals surface area contributed by atoms with Gasteiger partial charge in [-0.05, 0) is 60.5 Å². The molecule has 0 aliphatic carbocycles. The number of carbonyl (C=O) groups is 1. The lowest BCUT2D eigenvalue weighted by Gasteiger charge is -2.24. The van der Waals surface area contributed by atoms with E-state index in [0.717, 1.165) is 5.56 Å². The fourth-order valence-corrected chi connectivity index (χ4v) is 4.29. The SMILES string of the molecule is Cc1ccnc(N2C(=O)c3oc4ccc(Br)cc4c(=O)c3C2c2ccc([N+](=O)[O-])cc2)c1. The average Bonchev–Trinajstić information content (AvgIpc) is 3.07. The normalized spacial score (nSPS) is 15.2. The van der Waals surface area contributed by atoms with E-state index in [-0.39, 0.29) is 22.4 Å². The van der Waals surface area contributed by atoms with E-state index in [0.29, 0.717) is 26.8 Å². The van der Waals surface area contributed by atoms with Gasteiger partial charge in [-0.15, -0.1) is 0 Å². The molecule has 0 bridgehead atoms. The maximum atomic E-state index is 13.5. The van der Waals surface area contributed by atoms with Crippen molar-refractivity contribution in [3.8, 4) is 0 Å². The predicted molar refractivity (Wildman–Crippen MR) is 121 cm³/mol. The smallest absolute Gasteiger partial charge is 0.296 e. The minimum atomic E-state index is -0.841. The molecule has 0 saturated carbocycles. The number of rotatable bonds is 3. The second-order valence-corrected chi connectivity index (χ2v) is 8.35. The molecule has 5 rings (SSSR count). The summed E-state index contributed by atoms with van der Waals surface area (Å²) in [6, 6.07) is 13.5. The molecule has 1 unspecified atom stereocenters. The highest BCUT2D eigenvalue weighted by atomic mass is 79.9. The number of hydrogen-bond acceptors (Lipinski definition) is 6. The molecule has 158 valence electrons. The molecule has 3 heterocycles. The van der Waals surface area contributed by atoms with E-state index in [1.807, 2.05) is 6.92 Å². The van der Waals surface area contributed by atoms with Crippen LogP contribution in [0.1, 0.15) is 33.3 Å². The number of hydrogen-bond donors (Lipinski definition) is 0. The molecule has 0 radical (unpaired) electrons. The van der Waals surface area contributed by atoms with Gasteiger partial charge in [0, 0.05) is 22.8 Å². The first kappa shape index (κ1) is 20.1. The van der Waals surface area contributed by atoms with E-state index in [1.54, 1.807) is 48.7 Å². The molecule has 0 N–H and O–H groups in total. The van der Waals surface area contributed by atoms with Crippen LogP contribution in [0.15, 0.2) is 74.5 Å². The summed E-state index contributed by atoms with van der Waals surface area (Å²) >= 11 is 3.37. The molecule has 1 aliphatic heterocycles. The number of nitrogens with zero attached hydrogens (tertiary/aromatic N) is 3. The number of aryl methyl sites for hydroxylation is 1. The molecule has 9 heteroatoms. The standard InChI is InChI=1S/C23H14BrN3O5/c1-12-8-9-25-18(10-12)26-20(13-2-5-15(6-3-13)27(30)31)19-21(28)16-11-14(24)4-7-17(16)32-22(19)23(26)29/h2-11,20H,1H3. The van der Waals surface area contributed by atoms with E-state index >= 15 is 0 Å². The number of halogens is 1. The number of non-ortho nitro benzene ring substituents is 1. The number of nitro benzene ring substituents is 1. The molecule has 0 saturated heterocycles. The quantitative estimate of drug-likeness (QED) is 0.297. The van der Waals surface area contributed by atoms with Gasteiger partial charge < -0.3 is 4.42 Å². The zero-order chi connectivity index (χ0) is 22.6. The Balaban J connectivity index is 1.80. The van der Waals surface area contributed by atoms with Crippen molar-refractivity contribution < 1.29 is 14.1 Å². The monoisotopic (exact) mass is 491 g/mol. The highest BCUT2D eigenvalue weighted by molar-refractivity contribution is 9.10. The number of amides is 1. The summed E-state index contributed by atoms with van der Waals surface area (Å²) in [5, 5.41) is 11.4. The zero-order valence-electron chi connectivity index (χ0n) is 16.6. The molecule has 0 spiro atoms. The highest BCUT2D eigenvalue weighted by Crippen LogP contribution is 2.41. The number of benzene rings is 2. The van der Waals surface area contributed by atoms with Gasteiger partial charge >= 0.3 is 0 Å². The van der Waals surface area contributed by atoms with Crippen LogP contribution in [-0.2, 0) is 0 Å². The molecule has 1 amide bonds. The first-order valence-corrected chi connectivity index (χ1v) is 10.4. The molecule has 2 aromatic heterocycles. The van der Waals surface area contributed by atoms with Crippen molar-refractivity contribution in [3.63, 3.8) is 0 Å². The lowest BCUT2D eigenvalue weighted by Crippen LogP contribution is -2.30. The Kier molecular flexibility index (Phi) is 4.63. The third-order valence-electron chi connectivity index (χ3n) is 5.40. The van der Waals surface area contributed by atoms with Crippen LogP contribution in [-0.4, -0.2) is 15.8 Å². The Hall–Kier alpha value is -3.85. The van der Waals surface area contributed by atoms with Crippen LogP contribution in [0.2, 0.25) is 0 Å². The van der Waals surface area contributed by atoms with Gasteiger partial charge in [0.15, 0.2) is 5.43 Å². The topological polar surface area (TPSA) is 107 Å². The molecule has 32 heavy (non-hydrogen) atoms. The minimum absolute atomic E-state index is 0.0588. The van der Waals surface area contributed by atoms with Crippen molar-refractivity contribution in [1.82, 2.24) is 4.98 Å². The Bertz CT molecular complexity index is 1480. The van der Waals surface area contributed by atoms with Crippen LogP contribution in [0.3, 0.4) is 0 Å². The number of carbonyl (C=O) groups excluding carboxylic acids is 1. The Labute approximate surface area is 189 Å². The van der Waals surface area contributed by atoms with Gasteiger partial charge in [0.25, 0.3) is 11.6 Å². The molecular weight excluding hydrogens is 478 g/mol. The van der Waals surface area contributed by atoms with Crippen molar-refractivity contribution in [1.29, 1.82) is 0 Å². The molecule has 1 atom stereocenters. The number of aromatic nitrogens is 1. The first-order chi connectivity index (χ1) is 15.3. The van der Waals surface area contributed by atoms with E-state index in [9.17, 15) is 19.7 Å². The second-order valence-electron chi connectivity index (χ2n) is 7.43. The van der Waals surface area contributed by atoms with Crippen LogP contribution >= 0.6 is 15.9 Å². The van der Waals surface area contributed by atoms with E-state index in [1.165, 1.54) is 17.0 Å². The minimum Gasteiger partial charge on any atom is -0.450 e. The summed E-state index contributed by atoms with van der Waals surface area (Å²) in [5.41, 5.74) is 1.47. The Morgan fingerprint density at radius 1 is 1.09 bits per heavy atom. The van der Waals surface area contributed by atoms with Crippen LogP contribution < -0.4 is 10.3 Å². The van der Waals surface area contributed by atoms with Crippen LogP contribution in [0.5, 0.6) is 0 Å². The van der Waals surface area contributed by atoms with Gasteiger partial charge in [-0.3, -0.25) is 24.6 Å². The maximum Gasteiger partial charge on any atom is 0.296 e. The highest BCUT2D eigenvalue weighted by Gasteiger charge is 2.44. The fraction of sp³-hybridized carbons (Fsp3) is 0.0870. The predicted octanol–water partition coefficient (Wildman–Crippen LogP) is 4.92. The molecule has 0 fully saturated rings. The summed E-state index contributed by atoms with van der Waals surface area (Å²) in [5.74, 6) is -0.200. The fourth-order valence-electron chi connectivity index (χ4n) is 3.93.